The Morgan fingerprint density at radius 3 is 2.42 bits per heavy atom. The molecule has 1 rings (SSSR count). The Labute approximate surface area is 72.7 Å². The Bertz CT molecular complexity index is 151. The van der Waals surface area contributed by atoms with Crippen LogP contribution in [0.3, 0.4) is 0 Å². The molecule has 0 amide bonds. The van der Waals surface area contributed by atoms with Gasteiger partial charge in [-0.3, -0.25) is 0 Å². The molecule has 0 aliphatic carbocycles. The van der Waals surface area contributed by atoms with Crippen LogP contribution in [0.15, 0.2) is 0 Å². The van der Waals surface area contributed by atoms with Gasteiger partial charge in [0.1, 0.15) is 6.10 Å². The molecule has 0 bridgehead atoms. The van der Waals surface area contributed by atoms with E-state index in [0.29, 0.717) is 0 Å². The molecule has 4 heteroatoms. The zero-order valence-electron chi connectivity index (χ0n) is 7.77. The minimum atomic E-state index is -1.04. The van der Waals surface area contributed by atoms with Gasteiger partial charge in [-0.15, -0.1) is 0 Å². The number of rotatable bonds is 1. The molecule has 0 aromatic heterocycles. The lowest BCUT2D eigenvalue weighted by molar-refractivity contribution is -0.230. The van der Waals surface area contributed by atoms with Crippen LogP contribution in [-0.4, -0.2) is 53.7 Å². The van der Waals surface area contributed by atoms with Crippen LogP contribution >= 0.6 is 0 Å². The first kappa shape index (κ1) is 9.92. The van der Waals surface area contributed by atoms with Crippen molar-refractivity contribution in [3.63, 3.8) is 0 Å². The van der Waals surface area contributed by atoms with Crippen LogP contribution in [0.4, 0.5) is 0 Å². The van der Waals surface area contributed by atoms with Crippen LogP contribution in [0.5, 0.6) is 0 Å². The highest BCUT2D eigenvalue weighted by Crippen LogP contribution is 2.21. The van der Waals surface area contributed by atoms with Gasteiger partial charge in [-0.05, 0) is 27.4 Å². The maximum atomic E-state index is 9.51. The first-order valence-electron chi connectivity index (χ1n) is 4.20. The van der Waals surface area contributed by atoms with Gasteiger partial charge in [0.2, 0.25) is 0 Å². The number of aliphatic hydroxyl groups is 2. The minimum absolute atomic E-state index is 0.01000. The molecule has 2 N–H and O–H groups in total. The Hall–Kier alpha value is -0.160. The molecule has 4 atom stereocenters. The number of nitrogens with zero attached hydrogens (tertiary/aromatic N) is 1. The van der Waals surface area contributed by atoms with Crippen molar-refractivity contribution in [1.29, 1.82) is 0 Å². The Kier molecular flexibility index (Phi) is 3.06. The maximum absolute atomic E-state index is 9.51. The van der Waals surface area contributed by atoms with Crippen molar-refractivity contribution in [1.82, 2.24) is 4.90 Å². The lowest BCUT2D eigenvalue weighted by Crippen LogP contribution is -2.53. The molecule has 4 unspecified atom stereocenters. The van der Waals surface area contributed by atoms with E-state index in [2.05, 4.69) is 0 Å². The van der Waals surface area contributed by atoms with E-state index < -0.39 is 12.4 Å². The van der Waals surface area contributed by atoms with Gasteiger partial charge in [-0.1, -0.05) is 0 Å². The smallest absolute Gasteiger partial charge is 0.182 e. The van der Waals surface area contributed by atoms with E-state index in [9.17, 15) is 10.2 Å². The summed E-state index contributed by atoms with van der Waals surface area (Å²) in [5.41, 5.74) is 0. The third kappa shape index (κ3) is 1.95. The molecular formula is C8H17NO3. The van der Waals surface area contributed by atoms with E-state index in [-0.39, 0.29) is 12.1 Å². The largest absolute Gasteiger partial charge is 0.386 e. The molecular weight excluding hydrogens is 158 g/mol. The van der Waals surface area contributed by atoms with E-state index >= 15 is 0 Å². The lowest BCUT2D eigenvalue weighted by atomic mass is 9.99. The van der Waals surface area contributed by atoms with Gasteiger partial charge in [-0.25, -0.2) is 0 Å². The molecule has 4 nitrogen and oxygen atoms in total. The standard InChI is InChI=1S/C8H17NO3/c1-5-4-6(9(2)3)7(10)8(11)12-5/h5-8,10-11H,4H2,1-3H3. The summed E-state index contributed by atoms with van der Waals surface area (Å²) in [6.07, 6.45) is -1.07. The van der Waals surface area contributed by atoms with E-state index in [1.807, 2.05) is 25.9 Å². The molecule has 1 heterocycles. The van der Waals surface area contributed by atoms with Gasteiger partial charge in [0, 0.05) is 6.04 Å². The molecule has 0 spiro atoms. The summed E-state index contributed by atoms with van der Waals surface area (Å²) in [7, 11) is 3.78. The zero-order valence-corrected chi connectivity index (χ0v) is 7.77. The summed E-state index contributed by atoms with van der Waals surface area (Å²) < 4.78 is 5.06. The number of hydrogen-bond acceptors (Lipinski definition) is 4. The van der Waals surface area contributed by atoms with E-state index in [1.54, 1.807) is 0 Å². The van der Waals surface area contributed by atoms with Crippen LogP contribution in [0.25, 0.3) is 0 Å². The van der Waals surface area contributed by atoms with Crippen LogP contribution in [0, 0.1) is 0 Å². The van der Waals surface area contributed by atoms with Crippen molar-refractivity contribution in [2.75, 3.05) is 14.1 Å². The van der Waals surface area contributed by atoms with Crippen LogP contribution < -0.4 is 0 Å². The SMILES string of the molecule is CC1CC(N(C)C)C(O)C(O)O1. The molecule has 72 valence electrons. The third-order valence-corrected chi connectivity index (χ3v) is 2.29. The zero-order chi connectivity index (χ0) is 9.30. The number of aliphatic hydroxyl groups excluding tert-OH is 2. The lowest BCUT2D eigenvalue weighted by Gasteiger charge is -2.38. The maximum Gasteiger partial charge on any atom is 0.182 e. The predicted octanol–water partition coefficient (Wildman–Crippen LogP) is -0.595. The molecule has 1 saturated heterocycles. The Morgan fingerprint density at radius 1 is 1.33 bits per heavy atom. The highest BCUT2D eigenvalue weighted by atomic mass is 16.6. The first-order chi connectivity index (χ1) is 5.52. The molecule has 0 saturated carbocycles. The molecule has 0 aromatic rings. The molecule has 1 fully saturated rings. The number of likely N-dealkylation sites (N-methyl/N-ethyl adjacent to an activating group) is 1. The second kappa shape index (κ2) is 3.70. The fraction of sp³-hybridized carbons (Fsp3) is 1.00. The molecule has 1 aliphatic heterocycles. The molecule has 1 aliphatic rings. The van der Waals surface area contributed by atoms with E-state index in [1.165, 1.54) is 0 Å². The molecule has 12 heavy (non-hydrogen) atoms. The van der Waals surface area contributed by atoms with E-state index in [4.69, 9.17) is 4.74 Å². The van der Waals surface area contributed by atoms with Gasteiger partial charge < -0.3 is 19.8 Å². The average molecular weight is 175 g/mol. The summed E-state index contributed by atoms with van der Waals surface area (Å²) in [6.45, 7) is 1.89. The highest BCUT2D eigenvalue weighted by molar-refractivity contribution is 4.84. The van der Waals surface area contributed by atoms with Crippen LogP contribution in [0.1, 0.15) is 13.3 Å². The fourth-order valence-electron chi connectivity index (χ4n) is 1.56. The summed E-state index contributed by atoms with van der Waals surface area (Å²) >= 11 is 0. The minimum Gasteiger partial charge on any atom is -0.386 e. The molecule has 0 aromatic carbocycles. The van der Waals surface area contributed by atoms with Crippen LogP contribution in [-0.2, 0) is 4.74 Å². The number of hydrogen-bond donors (Lipinski definition) is 2. The fourth-order valence-corrected chi connectivity index (χ4v) is 1.56. The van der Waals surface area contributed by atoms with E-state index in [0.717, 1.165) is 6.42 Å². The summed E-state index contributed by atoms with van der Waals surface area (Å²) in [5, 5.41) is 18.8. The summed E-state index contributed by atoms with van der Waals surface area (Å²) in [6, 6.07) is -0.0104. The normalized spacial score (nSPS) is 43.5. The highest BCUT2D eigenvalue weighted by Gasteiger charge is 2.35. The number of ether oxygens (including phenoxy) is 1. The van der Waals surface area contributed by atoms with Gasteiger partial charge in [0.25, 0.3) is 0 Å². The van der Waals surface area contributed by atoms with Crippen molar-refractivity contribution in [3.8, 4) is 0 Å². The predicted molar refractivity (Wildman–Crippen MR) is 44.7 cm³/mol. The van der Waals surface area contributed by atoms with Crippen molar-refractivity contribution < 1.29 is 14.9 Å². The van der Waals surface area contributed by atoms with Gasteiger partial charge >= 0.3 is 0 Å². The first-order valence-corrected chi connectivity index (χ1v) is 4.20. The van der Waals surface area contributed by atoms with Crippen molar-refractivity contribution >= 4 is 0 Å². The van der Waals surface area contributed by atoms with Crippen molar-refractivity contribution in [2.24, 2.45) is 0 Å². The summed E-state index contributed by atoms with van der Waals surface area (Å²) in [4.78, 5) is 1.91. The van der Waals surface area contributed by atoms with Gasteiger partial charge in [-0.2, -0.15) is 0 Å². The quantitative estimate of drug-likeness (QED) is 0.559. The van der Waals surface area contributed by atoms with Gasteiger partial charge in [0.05, 0.1) is 6.10 Å². The molecule has 0 radical (unpaired) electrons. The Morgan fingerprint density at radius 2 is 1.92 bits per heavy atom. The van der Waals surface area contributed by atoms with Gasteiger partial charge in [0.15, 0.2) is 6.29 Å². The topological polar surface area (TPSA) is 52.9 Å². The van der Waals surface area contributed by atoms with Crippen LogP contribution in [0.2, 0.25) is 0 Å². The second-order valence-electron chi connectivity index (χ2n) is 3.59. The summed E-state index contributed by atoms with van der Waals surface area (Å²) in [5.74, 6) is 0. The third-order valence-electron chi connectivity index (χ3n) is 2.29. The Balaban J connectivity index is 2.60. The van der Waals surface area contributed by atoms with Crippen molar-refractivity contribution in [3.05, 3.63) is 0 Å². The monoisotopic (exact) mass is 175 g/mol. The average Bonchev–Trinajstić information content (AvgIpc) is 1.96. The van der Waals surface area contributed by atoms with Crippen molar-refractivity contribution in [2.45, 2.75) is 37.9 Å². The second-order valence-corrected chi connectivity index (χ2v) is 3.59.